The van der Waals surface area contributed by atoms with Gasteiger partial charge in [-0.05, 0) is 29.8 Å². The van der Waals surface area contributed by atoms with Crippen LogP contribution < -0.4 is 10.2 Å². The van der Waals surface area contributed by atoms with Crippen LogP contribution in [0.25, 0.3) is 0 Å². The van der Waals surface area contributed by atoms with Crippen LogP contribution in [0.4, 0.5) is 11.4 Å². The van der Waals surface area contributed by atoms with Crippen LogP contribution in [-0.4, -0.2) is 48.6 Å². The third kappa shape index (κ3) is 4.52. The number of amides is 1. The lowest BCUT2D eigenvalue weighted by Crippen LogP contribution is -2.48. The van der Waals surface area contributed by atoms with Gasteiger partial charge in [-0.15, -0.1) is 0 Å². The monoisotopic (exact) mass is 350 g/mol. The SMILES string of the molecule is N#CCc1ccc(NC(=O)CN2CCN(c3ccccc3O)CC2)cc1. The molecular formula is C20H22N4O2. The molecule has 6 heteroatoms. The maximum Gasteiger partial charge on any atom is 0.238 e. The lowest BCUT2D eigenvalue weighted by Gasteiger charge is -2.35. The fourth-order valence-corrected chi connectivity index (χ4v) is 3.08. The van der Waals surface area contributed by atoms with E-state index >= 15 is 0 Å². The third-order valence-electron chi connectivity index (χ3n) is 4.48. The number of aromatic hydroxyl groups is 1. The van der Waals surface area contributed by atoms with Gasteiger partial charge in [0.15, 0.2) is 0 Å². The number of carbonyl (C=O) groups excluding carboxylic acids is 1. The summed E-state index contributed by atoms with van der Waals surface area (Å²) >= 11 is 0. The van der Waals surface area contributed by atoms with Gasteiger partial charge in [0.05, 0.1) is 24.7 Å². The summed E-state index contributed by atoms with van der Waals surface area (Å²) in [6.07, 6.45) is 0.371. The van der Waals surface area contributed by atoms with Crippen molar-refractivity contribution in [1.82, 2.24) is 4.90 Å². The Hall–Kier alpha value is -3.04. The number of hydrogen-bond acceptors (Lipinski definition) is 5. The molecule has 1 aliphatic heterocycles. The van der Waals surface area contributed by atoms with Crippen molar-refractivity contribution in [2.75, 3.05) is 42.9 Å². The van der Waals surface area contributed by atoms with E-state index in [1.54, 1.807) is 6.07 Å². The summed E-state index contributed by atoms with van der Waals surface area (Å²) in [6.45, 7) is 3.42. The topological polar surface area (TPSA) is 79.6 Å². The van der Waals surface area contributed by atoms with Gasteiger partial charge in [0, 0.05) is 31.9 Å². The molecule has 0 radical (unpaired) electrons. The molecular weight excluding hydrogens is 328 g/mol. The molecule has 0 bridgehead atoms. The number of nitrogens with zero attached hydrogens (tertiary/aromatic N) is 3. The van der Waals surface area contributed by atoms with E-state index in [2.05, 4.69) is 21.2 Å². The Morgan fingerprint density at radius 2 is 1.77 bits per heavy atom. The summed E-state index contributed by atoms with van der Waals surface area (Å²) in [5.74, 6) is 0.243. The van der Waals surface area contributed by atoms with Gasteiger partial charge >= 0.3 is 0 Å². The molecule has 1 fully saturated rings. The van der Waals surface area contributed by atoms with Crippen LogP contribution in [0, 0.1) is 11.3 Å². The van der Waals surface area contributed by atoms with Crippen molar-refractivity contribution in [2.24, 2.45) is 0 Å². The molecule has 3 rings (SSSR count). The first-order chi connectivity index (χ1) is 12.7. The molecule has 26 heavy (non-hydrogen) atoms. The molecule has 0 spiro atoms. The van der Waals surface area contributed by atoms with E-state index in [9.17, 15) is 9.90 Å². The van der Waals surface area contributed by atoms with Crippen LogP contribution in [0.2, 0.25) is 0 Å². The standard InChI is InChI=1S/C20H22N4O2/c21-10-9-16-5-7-17(8-6-16)22-20(26)15-23-11-13-24(14-12-23)18-3-1-2-4-19(18)25/h1-8,25H,9,11-15H2,(H,22,26). The highest BCUT2D eigenvalue weighted by Gasteiger charge is 2.20. The van der Waals surface area contributed by atoms with E-state index in [1.165, 1.54) is 0 Å². The lowest BCUT2D eigenvalue weighted by molar-refractivity contribution is -0.117. The average Bonchev–Trinajstić information content (AvgIpc) is 2.65. The quantitative estimate of drug-likeness (QED) is 0.864. The second kappa shape index (κ2) is 8.37. The maximum absolute atomic E-state index is 12.2. The molecule has 1 amide bonds. The zero-order chi connectivity index (χ0) is 18.4. The molecule has 0 aliphatic carbocycles. The highest BCUT2D eigenvalue weighted by atomic mass is 16.3. The summed E-state index contributed by atoms with van der Waals surface area (Å²) in [5, 5.41) is 21.5. The Labute approximate surface area is 153 Å². The molecule has 134 valence electrons. The molecule has 1 aliphatic rings. The van der Waals surface area contributed by atoms with E-state index in [1.807, 2.05) is 42.5 Å². The zero-order valence-electron chi connectivity index (χ0n) is 14.6. The van der Waals surface area contributed by atoms with Crippen LogP contribution in [0.1, 0.15) is 5.56 Å². The fraction of sp³-hybridized carbons (Fsp3) is 0.300. The zero-order valence-corrected chi connectivity index (χ0v) is 14.6. The number of carbonyl (C=O) groups is 1. The van der Waals surface area contributed by atoms with E-state index in [4.69, 9.17) is 5.26 Å². The van der Waals surface area contributed by atoms with Crippen molar-refractivity contribution in [3.8, 4) is 11.8 Å². The molecule has 0 unspecified atom stereocenters. The smallest absolute Gasteiger partial charge is 0.238 e. The predicted molar refractivity (Wildman–Crippen MR) is 101 cm³/mol. The molecule has 2 N–H and O–H groups in total. The highest BCUT2D eigenvalue weighted by Crippen LogP contribution is 2.27. The minimum Gasteiger partial charge on any atom is -0.506 e. The third-order valence-corrected chi connectivity index (χ3v) is 4.48. The van der Waals surface area contributed by atoms with Crippen LogP contribution in [0.15, 0.2) is 48.5 Å². The van der Waals surface area contributed by atoms with Gasteiger partial charge in [0.25, 0.3) is 0 Å². The second-order valence-corrected chi connectivity index (χ2v) is 6.33. The lowest BCUT2D eigenvalue weighted by atomic mass is 10.1. The van der Waals surface area contributed by atoms with Gasteiger partial charge in [0.2, 0.25) is 5.91 Å². The number of anilines is 2. The Morgan fingerprint density at radius 3 is 2.42 bits per heavy atom. The summed E-state index contributed by atoms with van der Waals surface area (Å²) in [6, 6.07) is 16.8. The molecule has 2 aromatic carbocycles. The number of nitrogens with one attached hydrogen (secondary N) is 1. The first kappa shape index (κ1) is 17.8. The number of nitriles is 1. The number of phenols is 1. The number of hydrogen-bond donors (Lipinski definition) is 2. The first-order valence-corrected chi connectivity index (χ1v) is 8.67. The number of rotatable bonds is 5. The average molecular weight is 350 g/mol. The summed E-state index contributed by atoms with van der Waals surface area (Å²) in [5.41, 5.74) is 2.52. The molecule has 1 saturated heterocycles. The van der Waals surface area contributed by atoms with E-state index in [0.29, 0.717) is 18.7 Å². The van der Waals surface area contributed by atoms with Crippen molar-refractivity contribution in [1.29, 1.82) is 5.26 Å². The van der Waals surface area contributed by atoms with E-state index in [-0.39, 0.29) is 5.91 Å². The highest BCUT2D eigenvalue weighted by molar-refractivity contribution is 5.92. The van der Waals surface area contributed by atoms with Crippen LogP contribution in [0.3, 0.4) is 0 Å². The van der Waals surface area contributed by atoms with E-state index in [0.717, 1.165) is 43.1 Å². The molecule has 6 nitrogen and oxygen atoms in total. The van der Waals surface area contributed by atoms with Crippen LogP contribution in [0.5, 0.6) is 5.75 Å². The summed E-state index contributed by atoms with van der Waals surface area (Å²) < 4.78 is 0. The minimum absolute atomic E-state index is 0.0472. The Morgan fingerprint density at radius 1 is 1.08 bits per heavy atom. The number of para-hydroxylation sites is 2. The summed E-state index contributed by atoms with van der Waals surface area (Å²) in [4.78, 5) is 16.5. The molecule has 2 aromatic rings. The Balaban J connectivity index is 1.47. The molecule has 1 heterocycles. The number of benzene rings is 2. The summed E-state index contributed by atoms with van der Waals surface area (Å²) in [7, 11) is 0. The van der Waals surface area contributed by atoms with Gasteiger partial charge in [0.1, 0.15) is 5.75 Å². The van der Waals surface area contributed by atoms with Crippen molar-refractivity contribution in [3.05, 3.63) is 54.1 Å². The predicted octanol–water partition coefficient (Wildman–Crippen LogP) is 2.22. The first-order valence-electron chi connectivity index (χ1n) is 8.67. The molecule has 0 aromatic heterocycles. The van der Waals surface area contributed by atoms with Crippen molar-refractivity contribution in [3.63, 3.8) is 0 Å². The van der Waals surface area contributed by atoms with Crippen molar-refractivity contribution in [2.45, 2.75) is 6.42 Å². The Bertz CT molecular complexity index is 790. The van der Waals surface area contributed by atoms with Crippen LogP contribution >= 0.6 is 0 Å². The Kier molecular flexibility index (Phi) is 5.72. The van der Waals surface area contributed by atoms with Crippen molar-refractivity contribution < 1.29 is 9.90 Å². The largest absolute Gasteiger partial charge is 0.506 e. The fourth-order valence-electron chi connectivity index (χ4n) is 3.08. The van der Waals surface area contributed by atoms with E-state index < -0.39 is 0 Å². The van der Waals surface area contributed by atoms with Gasteiger partial charge in [-0.1, -0.05) is 24.3 Å². The van der Waals surface area contributed by atoms with Crippen molar-refractivity contribution >= 4 is 17.3 Å². The number of phenolic OH excluding ortho intramolecular Hbond substituents is 1. The van der Waals surface area contributed by atoms with Gasteiger partial charge in [-0.2, -0.15) is 5.26 Å². The maximum atomic E-state index is 12.2. The molecule has 0 atom stereocenters. The minimum atomic E-state index is -0.0472. The van der Waals surface area contributed by atoms with Gasteiger partial charge in [-0.25, -0.2) is 0 Å². The van der Waals surface area contributed by atoms with Gasteiger partial charge in [-0.3, -0.25) is 9.69 Å². The number of piperazine rings is 1. The second-order valence-electron chi connectivity index (χ2n) is 6.33. The van der Waals surface area contributed by atoms with Crippen LogP contribution in [-0.2, 0) is 11.2 Å². The van der Waals surface area contributed by atoms with Gasteiger partial charge < -0.3 is 15.3 Å². The molecule has 0 saturated carbocycles. The normalized spacial score (nSPS) is 14.7.